The molecule has 0 amide bonds. The smallest absolute Gasteiger partial charge is 0.162 e. The molecule has 3 rings (SSSR count). The van der Waals surface area contributed by atoms with E-state index in [4.69, 9.17) is 9.68 Å². The third-order valence-electron chi connectivity index (χ3n) is 2.78. The van der Waals surface area contributed by atoms with Crippen LogP contribution in [0.3, 0.4) is 0 Å². The van der Waals surface area contributed by atoms with Gasteiger partial charge in [-0.15, -0.1) is 10.2 Å². The fourth-order valence-electron chi connectivity index (χ4n) is 1.87. The van der Waals surface area contributed by atoms with Crippen molar-refractivity contribution in [2.75, 3.05) is 0 Å². The number of aryl methyl sites for hydroxylation is 2. The summed E-state index contributed by atoms with van der Waals surface area (Å²) in [4.78, 5) is 0. The van der Waals surface area contributed by atoms with Crippen molar-refractivity contribution in [1.82, 2.24) is 14.6 Å². The van der Waals surface area contributed by atoms with E-state index in [0.717, 1.165) is 24.4 Å². The van der Waals surface area contributed by atoms with Crippen molar-refractivity contribution in [2.45, 2.75) is 12.8 Å². The van der Waals surface area contributed by atoms with E-state index in [1.807, 2.05) is 22.7 Å². The summed E-state index contributed by atoms with van der Waals surface area (Å²) < 4.78 is 7.17. The van der Waals surface area contributed by atoms with Gasteiger partial charge >= 0.3 is 0 Å². The SMILES string of the molecule is N#Cc1ccn2c(CCc3ccco3)nnc2c1. The lowest BCUT2D eigenvalue weighted by Gasteiger charge is -1.98. The van der Waals surface area contributed by atoms with Gasteiger partial charge in [0.2, 0.25) is 0 Å². The standard InChI is InChI=1S/C13H10N4O/c14-9-10-5-6-17-12(15-16-13(17)8-10)4-3-11-2-1-7-18-11/h1-2,5-8H,3-4H2. The first-order chi connectivity index (χ1) is 8.86. The minimum atomic E-state index is 0.590. The highest BCUT2D eigenvalue weighted by molar-refractivity contribution is 5.45. The molecule has 0 bridgehead atoms. The number of pyridine rings is 1. The number of hydrogen-bond acceptors (Lipinski definition) is 4. The lowest BCUT2D eigenvalue weighted by molar-refractivity contribution is 0.506. The van der Waals surface area contributed by atoms with Crippen LogP contribution in [-0.2, 0) is 12.8 Å². The first-order valence-corrected chi connectivity index (χ1v) is 5.63. The second-order valence-electron chi connectivity index (χ2n) is 3.95. The van der Waals surface area contributed by atoms with Crippen LogP contribution in [0.5, 0.6) is 0 Å². The molecule has 3 heterocycles. The zero-order valence-corrected chi connectivity index (χ0v) is 9.58. The molecule has 0 aliphatic rings. The van der Waals surface area contributed by atoms with Gasteiger partial charge in [0.25, 0.3) is 0 Å². The van der Waals surface area contributed by atoms with Gasteiger partial charge in [0.1, 0.15) is 11.6 Å². The van der Waals surface area contributed by atoms with Crippen LogP contribution in [0.4, 0.5) is 0 Å². The van der Waals surface area contributed by atoms with E-state index < -0.39 is 0 Å². The normalized spacial score (nSPS) is 10.6. The second-order valence-corrected chi connectivity index (χ2v) is 3.95. The molecule has 18 heavy (non-hydrogen) atoms. The number of nitriles is 1. The van der Waals surface area contributed by atoms with Crippen molar-refractivity contribution in [3.05, 3.63) is 53.9 Å². The maximum Gasteiger partial charge on any atom is 0.162 e. The van der Waals surface area contributed by atoms with Crippen LogP contribution in [0.25, 0.3) is 5.65 Å². The zero-order valence-electron chi connectivity index (χ0n) is 9.58. The minimum Gasteiger partial charge on any atom is -0.469 e. The van der Waals surface area contributed by atoms with Gasteiger partial charge in [-0.3, -0.25) is 4.40 Å². The zero-order chi connectivity index (χ0) is 12.4. The predicted octanol–water partition coefficient (Wildman–Crippen LogP) is 1.98. The first-order valence-electron chi connectivity index (χ1n) is 5.63. The van der Waals surface area contributed by atoms with Gasteiger partial charge in [-0.2, -0.15) is 5.26 Å². The number of rotatable bonds is 3. The highest BCUT2D eigenvalue weighted by atomic mass is 16.3. The highest BCUT2D eigenvalue weighted by Crippen LogP contribution is 2.10. The van der Waals surface area contributed by atoms with Crippen LogP contribution in [0, 0.1) is 11.3 Å². The molecule has 0 N–H and O–H groups in total. The number of hydrogen-bond donors (Lipinski definition) is 0. The Morgan fingerprint density at radius 1 is 1.28 bits per heavy atom. The molecule has 3 aromatic rings. The Morgan fingerprint density at radius 2 is 2.22 bits per heavy atom. The summed E-state index contributed by atoms with van der Waals surface area (Å²) in [6.45, 7) is 0. The third-order valence-corrected chi connectivity index (χ3v) is 2.78. The molecule has 0 aromatic carbocycles. The van der Waals surface area contributed by atoms with Crippen molar-refractivity contribution in [3.63, 3.8) is 0 Å². The Bertz CT molecular complexity index is 706. The molecule has 0 aliphatic heterocycles. The molecule has 5 heteroatoms. The van der Waals surface area contributed by atoms with E-state index in [0.29, 0.717) is 11.2 Å². The maximum absolute atomic E-state index is 8.81. The molecule has 0 saturated carbocycles. The average molecular weight is 238 g/mol. The summed E-state index contributed by atoms with van der Waals surface area (Å²) in [7, 11) is 0. The van der Waals surface area contributed by atoms with Gasteiger partial charge in [-0.05, 0) is 18.2 Å². The molecule has 0 fully saturated rings. The van der Waals surface area contributed by atoms with E-state index in [1.165, 1.54) is 0 Å². The van der Waals surface area contributed by atoms with Gasteiger partial charge in [0.05, 0.1) is 17.9 Å². The molecular formula is C13H10N4O. The monoisotopic (exact) mass is 238 g/mol. The summed E-state index contributed by atoms with van der Waals surface area (Å²) in [6.07, 6.45) is 5.02. The summed E-state index contributed by atoms with van der Waals surface area (Å²) in [5.74, 6) is 1.80. The van der Waals surface area contributed by atoms with Gasteiger partial charge in [-0.1, -0.05) is 0 Å². The lowest BCUT2D eigenvalue weighted by atomic mass is 10.2. The average Bonchev–Trinajstić information content (AvgIpc) is 3.05. The van der Waals surface area contributed by atoms with Gasteiger partial charge in [-0.25, -0.2) is 0 Å². The molecule has 88 valence electrons. The van der Waals surface area contributed by atoms with E-state index in [2.05, 4.69) is 16.3 Å². The van der Waals surface area contributed by atoms with E-state index in [1.54, 1.807) is 18.4 Å². The maximum atomic E-state index is 8.81. The molecule has 0 atom stereocenters. The van der Waals surface area contributed by atoms with Gasteiger partial charge < -0.3 is 4.42 Å². The summed E-state index contributed by atoms with van der Waals surface area (Å²) >= 11 is 0. The number of nitrogens with zero attached hydrogens (tertiary/aromatic N) is 4. The first kappa shape index (κ1) is 10.5. The fraction of sp³-hybridized carbons (Fsp3) is 0.154. The minimum absolute atomic E-state index is 0.590. The van der Waals surface area contributed by atoms with Crippen molar-refractivity contribution >= 4 is 5.65 Å². The lowest BCUT2D eigenvalue weighted by Crippen LogP contribution is -1.97. The van der Waals surface area contributed by atoms with Crippen molar-refractivity contribution in [1.29, 1.82) is 5.26 Å². The van der Waals surface area contributed by atoms with E-state index >= 15 is 0 Å². The van der Waals surface area contributed by atoms with Crippen LogP contribution in [0.2, 0.25) is 0 Å². The number of fused-ring (bicyclic) bond motifs is 1. The third kappa shape index (κ3) is 1.84. The molecule has 0 aliphatic carbocycles. The predicted molar refractivity (Wildman–Crippen MR) is 63.8 cm³/mol. The molecule has 3 aromatic heterocycles. The molecule has 0 saturated heterocycles. The van der Waals surface area contributed by atoms with E-state index in [-0.39, 0.29) is 0 Å². The van der Waals surface area contributed by atoms with Crippen LogP contribution in [0.15, 0.2) is 41.1 Å². The molecule has 5 nitrogen and oxygen atoms in total. The van der Waals surface area contributed by atoms with Crippen molar-refractivity contribution in [3.8, 4) is 6.07 Å². The molecule has 0 spiro atoms. The molecule has 0 radical (unpaired) electrons. The number of aromatic nitrogens is 3. The summed E-state index contributed by atoms with van der Waals surface area (Å²) in [5, 5.41) is 17.0. The quantitative estimate of drug-likeness (QED) is 0.699. The Balaban J connectivity index is 1.87. The largest absolute Gasteiger partial charge is 0.469 e. The van der Waals surface area contributed by atoms with Crippen LogP contribution < -0.4 is 0 Å². The van der Waals surface area contributed by atoms with E-state index in [9.17, 15) is 0 Å². The topological polar surface area (TPSA) is 67.1 Å². The molecular weight excluding hydrogens is 228 g/mol. The Morgan fingerprint density at radius 3 is 3.00 bits per heavy atom. The second kappa shape index (κ2) is 4.34. The van der Waals surface area contributed by atoms with Gasteiger partial charge in [0.15, 0.2) is 5.65 Å². The Hall–Kier alpha value is -2.61. The Kier molecular flexibility index (Phi) is 2.54. The molecule has 0 unspecified atom stereocenters. The number of furan rings is 1. The fourth-order valence-corrected chi connectivity index (χ4v) is 1.87. The Labute approximate surface area is 103 Å². The highest BCUT2D eigenvalue weighted by Gasteiger charge is 2.07. The van der Waals surface area contributed by atoms with Crippen LogP contribution in [0.1, 0.15) is 17.1 Å². The summed E-state index contributed by atoms with van der Waals surface area (Å²) in [5.41, 5.74) is 1.29. The van der Waals surface area contributed by atoms with Gasteiger partial charge in [0, 0.05) is 25.1 Å². The van der Waals surface area contributed by atoms with Crippen LogP contribution in [-0.4, -0.2) is 14.6 Å². The summed E-state index contributed by atoms with van der Waals surface area (Å²) in [6, 6.07) is 9.38. The van der Waals surface area contributed by atoms with Crippen molar-refractivity contribution < 1.29 is 4.42 Å². The van der Waals surface area contributed by atoms with Crippen molar-refractivity contribution in [2.24, 2.45) is 0 Å². The van der Waals surface area contributed by atoms with Crippen LogP contribution >= 0.6 is 0 Å².